The van der Waals surface area contributed by atoms with Gasteiger partial charge in [-0.05, 0) is 0 Å². The molecule has 6 heavy (non-hydrogen) atoms. The summed E-state index contributed by atoms with van der Waals surface area (Å²) in [6.07, 6.45) is 3.19. The zero-order valence-corrected chi connectivity index (χ0v) is 3.13. The molecule has 3 N–H and O–H groups in total. The molecule has 0 amide bonds. The topological polar surface area (TPSA) is 55.2 Å². The summed E-state index contributed by atoms with van der Waals surface area (Å²) in [7, 11) is 0. The second kappa shape index (κ2) is 1.16. The van der Waals surface area contributed by atoms with Crippen LogP contribution in [0.4, 0.5) is 0 Å². The van der Waals surface area contributed by atoms with Gasteiger partial charge in [-0.2, -0.15) is 0 Å². The van der Waals surface area contributed by atoms with E-state index in [-0.39, 0.29) is 0 Å². The second-order valence-corrected chi connectivity index (χ2v) is 0.956. The van der Waals surface area contributed by atoms with Crippen molar-refractivity contribution < 1.29 is 5.12 Å². The Balaban J connectivity index is 2.60. The highest BCUT2D eigenvalue weighted by Crippen LogP contribution is 1.71. The Labute approximate surface area is 34.9 Å². The van der Waals surface area contributed by atoms with Gasteiger partial charge in [-0.3, -0.25) is 0 Å². The summed E-state index contributed by atoms with van der Waals surface area (Å²) in [5, 5.41) is 7.37. The van der Waals surface area contributed by atoms with E-state index in [0.717, 1.165) is 0 Å². The van der Waals surface area contributed by atoms with E-state index in [4.69, 9.17) is 5.84 Å². The van der Waals surface area contributed by atoms with Gasteiger partial charge in [0.15, 0.2) is 6.20 Å². The maximum absolute atomic E-state index is 5.10. The first-order valence-electron chi connectivity index (χ1n) is 1.59. The van der Waals surface area contributed by atoms with Crippen molar-refractivity contribution in [1.29, 1.82) is 0 Å². The fourth-order valence-corrected chi connectivity index (χ4v) is 0.243. The molecule has 0 saturated carbocycles. The van der Waals surface area contributed by atoms with Gasteiger partial charge in [0.25, 0.3) is 0 Å². The highest BCUT2D eigenvalue weighted by Gasteiger charge is 1.94. The van der Waals surface area contributed by atoms with Gasteiger partial charge in [0.1, 0.15) is 6.20 Å². The Morgan fingerprint density at radius 2 is 2.50 bits per heavy atom. The molecule has 0 aliphatic carbocycles. The SMILES string of the molecule is N[NH+]1C=CN=N1. The molecular formula is C2H5N4+. The molecule has 1 aliphatic heterocycles. The van der Waals surface area contributed by atoms with Gasteiger partial charge in [0.2, 0.25) is 0 Å². The smallest absolute Gasteiger partial charge is 0.149 e. The van der Waals surface area contributed by atoms with Crippen LogP contribution in [0.2, 0.25) is 0 Å². The van der Waals surface area contributed by atoms with E-state index in [1.54, 1.807) is 12.4 Å². The molecular weight excluding hydrogens is 80.1 g/mol. The number of nitrogens with two attached hydrogens (primary N) is 1. The fourth-order valence-electron chi connectivity index (χ4n) is 0.243. The molecule has 0 aromatic rings. The van der Waals surface area contributed by atoms with Gasteiger partial charge in [0.05, 0.1) is 5.22 Å². The minimum atomic E-state index is 0.481. The van der Waals surface area contributed by atoms with Crippen molar-refractivity contribution in [1.82, 2.24) is 0 Å². The lowest BCUT2D eigenvalue weighted by Gasteiger charge is -1.83. The van der Waals surface area contributed by atoms with Gasteiger partial charge in [-0.25, -0.2) is 0 Å². The third kappa shape index (κ3) is 0.425. The lowest BCUT2D eigenvalue weighted by molar-refractivity contribution is -0.868. The minimum Gasteiger partial charge on any atom is -0.149 e. The van der Waals surface area contributed by atoms with Gasteiger partial charge >= 0.3 is 0 Å². The Hall–Kier alpha value is -0.740. The van der Waals surface area contributed by atoms with Crippen molar-refractivity contribution in [2.24, 2.45) is 16.2 Å². The number of hydrogen-bond donors (Lipinski definition) is 2. The Bertz CT molecular complexity index is 81.7. The fraction of sp³-hybridized carbons (Fsp3) is 0. The Morgan fingerprint density at radius 1 is 1.67 bits per heavy atom. The molecule has 4 nitrogen and oxygen atoms in total. The van der Waals surface area contributed by atoms with Crippen LogP contribution in [0.3, 0.4) is 0 Å². The van der Waals surface area contributed by atoms with Crippen LogP contribution in [0, 0.1) is 0 Å². The summed E-state index contributed by atoms with van der Waals surface area (Å²) < 4.78 is 0. The monoisotopic (exact) mass is 85.1 g/mol. The van der Waals surface area contributed by atoms with Crippen LogP contribution in [-0.4, -0.2) is 0 Å². The zero-order chi connectivity index (χ0) is 4.41. The summed E-state index contributed by atoms with van der Waals surface area (Å²) in [6.45, 7) is 0. The maximum atomic E-state index is 5.10. The molecule has 1 heterocycles. The lowest BCUT2D eigenvalue weighted by atomic mass is 11.0. The number of quaternary nitrogens is 1. The zero-order valence-electron chi connectivity index (χ0n) is 3.13. The van der Waals surface area contributed by atoms with Crippen molar-refractivity contribution >= 4 is 0 Å². The second-order valence-electron chi connectivity index (χ2n) is 0.956. The third-order valence-electron chi connectivity index (χ3n) is 0.485. The number of rotatable bonds is 0. The normalized spacial score (nSPS) is 29.2. The molecule has 32 valence electrons. The van der Waals surface area contributed by atoms with Gasteiger partial charge in [-0.1, -0.05) is 5.12 Å². The summed E-state index contributed by atoms with van der Waals surface area (Å²) in [6, 6.07) is 0. The lowest BCUT2D eigenvalue weighted by Crippen LogP contribution is -3.08. The van der Waals surface area contributed by atoms with Crippen molar-refractivity contribution in [2.75, 3.05) is 0 Å². The first-order valence-corrected chi connectivity index (χ1v) is 1.59. The predicted molar refractivity (Wildman–Crippen MR) is 19.1 cm³/mol. The maximum Gasteiger partial charge on any atom is 0.162 e. The van der Waals surface area contributed by atoms with E-state index in [9.17, 15) is 0 Å². The highest BCUT2D eigenvalue weighted by atomic mass is 15.7. The molecule has 0 aromatic carbocycles. The van der Waals surface area contributed by atoms with Crippen LogP contribution >= 0.6 is 0 Å². The van der Waals surface area contributed by atoms with Crippen molar-refractivity contribution in [3.63, 3.8) is 0 Å². The highest BCUT2D eigenvalue weighted by molar-refractivity contribution is 4.66. The first kappa shape index (κ1) is 3.45. The van der Waals surface area contributed by atoms with E-state index in [0.29, 0.717) is 5.12 Å². The Morgan fingerprint density at radius 3 is 2.67 bits per heavy atom. The molecule has 1 aliphatic rings. The van der Waals surface area contributed by atoms with Gasteiger partial charge in [-0.15, -0.1) is 11.0 Å². The molecule has 1 rings (SSSR count). The third-order valence-corrected chi connectivity index (χ3v) is 0.485. The quantitative estimate of drug-likeness (QED) is 0.349. The molecule has 1 unspecified atom stereocenters. The number of hydrogen-bond acceptors (Lipinski definition) is 3. The minimum absolute atomic E-state index is 0.481. The Kier molecular flexibility index (Phi) is 0.664. The van der Waals surface area contributed by atoms with E-state index in [2.05, 4.69) is 10.3 Å². The van der Waals surface area contributed by atoms with Crippen molar-refractivity contribution in [3.8, 4) is 0 Å². The van der Waals surface area contributed by atoms with E-state index >= 15 is 0 Å². The number of nitrogens with one attached hydrogen (secondary N) is 1. The van der Waals surface area contributed by atoms with Gasteiger partial charge < -0.3 is 0 Å². The van der Waals surface area contributed by atoms with E-state index in [1.165, 1.54) is 0 Å². The standard InChI is InChI=1S/C2H4N4/c3-6-2-1-4-5-6/h1-2H,3H2/p+1. The summed E-state index contributed by atoms with van der Waals surface area (Å²) >= 11 is 0. The molecule has 0 radical (unpaired) electrons. The molecule has 0 saturated heterocycles. The predicted octanol–water partition coefficient (Wildman–Crippen LogP) is -1.40. The molecule has 0 fully saturated rings. The van der Waals surface area contributed by atoms with Crippen LogP contribution < -0.4 is 11.0 Å². The van der Waals surface area contributed by atoms with Crippen molar-refractivity contribution in [2.45, 2.75) is 0 Å². The largest absolute Gasteiger partial charge is 0.162 e. The van der Waals surface area contributed by atoms with E-state index in [1.807, 2.05) is 0 Å². The molecule has 0 bridgehead atoms. The average Bonchev–Trinajstić information content (AvgIpc) is 1.86. The van der Waals surface area contributed by atoms with Crippen LogP contribution in [0.1, 0.15) is 0 Å². The van der Waals surface area contributed by atoms with Crippen LogP contribution in [-0.2, 0) is 0 Å². The van der Waals surface area contributed by atoms with E-state index < -0.39 is 0 Å². The molecule has 0 aromatic heterocycles. The first-order chi connectivity index (χ1) is 2.89. The summed E-state index contributed by atoms with van der Waals surface area (Å²) in [5.74, 6) is 5.10. The number of nitrogens with zero attached hydrogens (tertiary/aromatic N) is 2. The summed E-state index contributed by atoms with van der Waals surface area (Å²) in [5.41, 5.74) is 0. The molecule has 0 spiro atoms. The average molecular weight is 85.1 g/mol. The van der Waals surface area contributed by atoms with Gasteiger partial charge in [0, 0.05) is 0 Å². The van der Waals surface area contributed by atoms with Crippen molar-refractivity contribution in [3.05, 3.63) is 12.4 Å². The van der Waals surface area contributed by atoms with Crippen LogP contribution in [0.25, 0.3) is 0 Å². The van der Waals surface area contributed by atoms with Crippen LogP contribution in [0.5, 0.6) is 0 Å². The molecule has 1 atom stereocenters. The molecule has 4 heteroatoms. The van der Waals surface area contributed by atoms with Crippen LogP contribution in [0.15, 0.2) is 22.7 Å². The summed E-state index contributed by atoms with van der Waals surface area (Å²) in [4.78, 5) is 0.